The molecule has 0 spiro atoms. The lowest BCUT2D eigenvalue weighted by molar-refractivity contribution is -0.134. The van der Waals surface area contributed by atoms with E-state index in [-0.39, 0.29) is 11.7 Å². The Morgan fingerprint density at radius 1 is 1.45 bits per heavy atom. The average molecular weight is 304 g/mol. The van der Waals surface area contributed by atoms with E-state index in [1.54, 1.807) is 11.9 Å². The first-order chi connectivity index (χ1) is 9.12. The number of carboxylic acids is 1. The van der Waals surface area contributed by atoms with Gasteiger partial charge in [0.05, 0.1) is 11.4 Å². The average Bonchev–Trinajstić information content (AvgIpc) is 2.25. The van der Waals surface area contributed by atoms with Crippen LogP contribution in [0.5, 0.6) is 0 Å². The van der Waals surface area contributed by atoms with Crippen LogP contribution in [0.1, 0.15) is 13.8 Å². The number of nitrogens with zero attached hydrogens (tertiary/aromatic N) is 1. The fourth-order valence-electron chi connectivity index (χ4n) is 1.51. The van der Waals surface area contributed by atoms with Gasteiger partial charge in [-0.25, -0.2) is 12.8 Å². The molecule has 0 aliphatic rings. The van der Waals surface area contributed by atoms with Gasteiger partial charge in [0.25, 0.3) is 0 Å². The summed E-state index contributed by atoms with van der Waals surface area (Å²) in [5, 5.41) is 8.46. The zero-order chi connectivity index (χ0) is 15.5. The number of rotatable bonds is 6. The molecule has 112 valence electrons. The van der Waals surface area contributed by atoms with Gasteiger partial charge >= 0.3 is 5.97 Å². The van der Waals surface area contributed by atoms with Crippen molar-refractivity contribution in [2.24, 2.45) is 0 Å². The summed E-state index contributed by atoms with van der Waals surface area (Å²) in [5.41, 5.74) is 0.325. The third-order valence-corrected chi connectivity index (χ3v) is 3.86. The zero-order valence-corrected chi connectivity index (χ0v) is 12.2. The standard InChI is InChI=1S/C12H17FN2O4S/c1-8(2)15(3)11-5-4-9(6-10(11)13)14-20(18,19)7-12(16)17/h4-6,8,14H,7H2,1-3H3,(H,16,17). The maximum absolute atomic E-state index is 13.9. The molecule has 0 unspecified atom stereocenters. The van der Waals surface area contributed by atoms with Crippen LogP contribution in [0.3, 0.4) is 0 Å². The number of hydrogen-bond acceptors (Lipinski definition) is 4. The first kappa shape index (κ1) is 16.2. The Hall–Kier alpha value is -1.83. The summed E-state index contributed by atoms with van der Waals surface area (Å²) >= 11 is 0. The zero-order valence-electron chi connectivity index (χ0n) is 11.4. The fraction of sp³-hybridized carbons (Fsp3) is 0.417. The minimum Gasteiger partial charge on any atom is -0.480 e. The number of benzene rings is 1. The molecule has 0 bridgehead atoms. The van der Waals surface area contributed by atoms with Crippen LogP contribution >= 0.6 is 0 Å². The molecule has 0 atom stereocenters. The first-order valence-corrected chi connectivity index (χ1v) is 7.52. The summed E-state index contributed by atoms with van der Waals surface area (Å²) in [7, 11) is -2.31. The van der Waals surface area contributed by atoms with Gasteiger partial charge in [0.1, 0.15) is 5.82 Å². The monoisotopic (exact) mass is 304 g/mol. The van der Waals surface area contributed by atoms with Crippen molar-refractivity contribution in [2.75, 3.05) is 22.4 Å². The van der Waals surface area contributed by atoms with Crippen LogP contribution in [0.25, 0.3) is 0 Å². The predicted molar refractivity (Wildman–Crippen MR) is 75.0 cm³/mol. The van der Waals surface area contributed by atoms with Crippen LogP contribution in [-0.4, -0.2) is 38.3 Å². The van der Waals surface area contributed by atoms with Crippen molar-refractivity contribution < 1.29 is 22.7 Å². The van der Waals surface area contributed by atoms with E-state index in [9.17, 15) is 17.6 Å². The predicted octanol–water partition coefficient (Wildman–Crippen LogP) is 1.50. The van der Waals surface area contributed by atoms with Crippen molar-refractivity contribution in [3.05, 3.63) is 24.0 Å². The van der Waals surface area contributed by atoms with E-state index < -0.39 is 27.6 Å². The van der Waals surface area contributed by atoms with Gasteiger partial charge in [0.2, 0.25) is 10.0 Å². The highest BCUT2D eigenvalue weighted by molar-refractivity contribution is 7.93. The van der Waals surface area contributed by atoms with Crippen LogP contribution in [0, 0.1) is 5.82 Å². The second kappa shape index (κ2) is 6.08. The SMILES string of the molecule is CC(C)N(C)c1ccc(NS(=O)(=O)CC(=O)O)cc1F. The molecule has 0 aliphatic carbocycles. The number of aliphatic carboxylic acids is 1. The van der Waals surface area contributed by atoms with Gasteiger partial charge in [-0.3, -0.25) is 9.52 Å². The molecule has 1 aromatic rings. The molecule has 0 aromatic heterocycles. The van der Waals surface area contributed by atoms with E-state index in [1.165, 1.54) is 12.1 Å². The van der Waals surface area contributed by atoms with Crippen molar-refractivity contribution in [1.82, 2.24) is 0 Å². The lowest BCUT2D eigenvalue weighted by atomic mass is 10.2. The highest BCUT2D eigenvalue weighted by Crippen LogP contribution is 2.23. The Morgan fingerprint density at radius 3 is 2.50 bits per heavy atom. The molecule has 0 fully saturated rings. The number of halogens is 1. The minimum absolute atomic E-state index is 0.00958. The van der Waals surface area contributed by atoms with Crippen LogP contribution in [0.2, 0.25) is 0 Å². The van der Waals surface area contributed by atoms with Crippen LogP contribution in [-0.2, 0) is 14.8 Å². The second-order valence-electron chi connectivity index (χ2n) is 4.63. The number of sulfonamides is 1. The Morgan fingerprint density at radius 2 is 2.05 bits per heavy atom. The summed E-state index contributed by atoms with van der Waals surface area (Å²) < 4.78 is 38.8. The minimum atomic E-state index is -4.03. The molecule has 0 saturated carbocycles. The van der Waals surface area contributed by atoms with Gasteiger partial charge in [0, 0.05) is 19.2 Å². The third-order valence-electron chi connectivity index (χ3n) is 2.69. The third kappa shape index (κ3) is 4.37. The maximum Gasteiger partial charge on any atom is 0.320 e. The number of hydrogen-bond donors (Lipinski definition) is 2. The van der Waals surface area contributed by atoms with E-state index in [0.717, 1.165) is 6.07 Å². The highest BCUT2D eigenvalue weighted by Gasteiger charge is 2.17. The molecule has 1 rings (SSSR count). The van der Waals surface area contributed by atoms with Crippen LogP contribution < -0.4 is 9.62 Å². The molecule has 0 amide bonds. The molecular weight excluding hydrogens is 287 g/mol. The van der Waals surface area contributed by atoms with Crippen LogP contribution in [0.15, 0.2) is 18.2 Å². The molecule has 1 aromatic carbocycles. The molecule has 0 aliphatic heterocycles. The van der Waals surface area contributed by atoms with Gasteiger partial charge in [0.15, 0.2) is 5.75 Å². The maximum atomic E-state index is 13.9. The molecule has 2 N–H and O–H groups in total. The molecule has 0 radical (unpaired) electrons. The van der Waals surface area contributed by atoms with Gasteiger partial charge in [-0.05, 0) is 26.0 Å². The van der Waals surface area contributed by atoms with E-state index >= 15 is 0 Å². The smallest absolute Gasteiger partial charge is 0.320 e. The Kier molecular flexibility index (Phi) is 4.93. The molecule has 0 saturated heterocycles. The van der Waals surface area contributed by atoms with Crippen molar-refractivity contribution >= 4 is 27.4 Å². The van der Waals surface area contributed by atoms with Gasteiger partial charge in [-0.1, -0.05) is 0 Å². The topological polar surface area (TPSA) is 86.7 Å². The summed E-state index contributed by atoms with van der Waals surface area (Å²) in [6.45, 7) is 3.78. The normalized spacial score (nSPS) is 11.4. The lowest BCUT2D eigenvalue weighted by Gasteiger charge is -2.24. The molecule has 0 heterocycles. The largest absolute Gasteiger partial charge is 0.480 e. The Bertz CT molecular complexity index is 601. The quantitative estimate of drug-likeness (QED) is 0.831. The Balaban J connectivity index is 2.96. The second-order valence-corrected chi connectivity index (χ2v) is 6.35. The molecule has 20 heavy (non-hydrogen) atoms. The Labute approximate surface area is 117 Å². The molecule has 6 nitrogen and oxygen atoms in total. The summed E-state index contributed by atoms with van der Waals surface area (Å²) in [6, 6.07) is 3.93. The first-order valence-electron chi connectivity index (χ1n) is 5.87. The van der Waals surface area contributed by atoms with Gasteiger partial charge < -0.3 is 10.0 Å². The van der Waals surface area contributed by atoms with E-state index in [1.807, 2.05) is 18.6 Å². The number of carbonyl (C=O) groups is 1. The van der Waals surface area contributed by atoms with Crippen molar-refractivity contribution in [3.63, 3.8) is 0 Å². The lowest BCUT2D eigenvalue weighted by Crippen LogP contribution is -2.26. The number of anilines is 2. The molecule has 8 heteroatoms. The van der Waals surface area contributed by atoms with E-state index in [0.29, 0.717) is 5.69 Å². The number of carboxylic acid groups (broad SMARTS) is 1. The summed E-state index contributed by atoms with van der Waals surface area (Å²) in [4.78, 5) is 12.1. The van der Waals surface area contributed by atoms with Crippen molar-refractivity contribution in [2.45, 2.75) is 19.9 Å². The van der Waals surface area contributed by atoms with Crippen molar-refractivity contribution in [1.29, 1.82) is 0 Å². The highest BCUT2D eigenvalue weighted by atomic mass is 32.2. The van der Waals surface area contributed by atoms with E-state index in [4.69, 9.17) is 5.11 Å². The van der Waals surface area contributed by atoms with E-state index in [2.05, 4.69) is 0 Å². The summed E-state index contributed by atoms with van der Waals surface area (Å²) in [5.74, 6) is -3.13. The fourth-order valence-corrected chi connectivity index (χ4v) is 2.40. The van der Waals surface area contributed by atoms with Crippen LogP contribution in [0.4, 0.5) is 15.8 Å². The van der Waals surface area contributed by atoms with Crippen molar-refractivity contribution in [3.8, 4) is 0 Å². The number of nitrogens with one attached hydrogen (secondary N) is 1. The van der Waals surface area contributed by atoms with Gasteiger partial charge in [-0.2, -0.15) is 0 Å². The van der Waals surface area contributed by atoms with Gasteiger partial charge in [-0.15, -0.1) is 0 Å². The summed E-state index contributed by atoms with van der Waals surface area (Å²) in [6.07, 6.45) is 0. The molecular formula is C12H17FN2O4S.